The van der Waals surface area contributed by atoms with Crippen molar-refractivity contribution >= 4 is 28.5 Å². The lowest BCUT2D eigenvalue weighted by Crippen LogP contribution is -2.30. The van der Waals surface area contributed by atoms with Crippen molar-refractivity contribution in [2.45, 2.75) is 44.8 Å². The first-order chi connectivity index (χ1) is 13.4. The predicted molar refractivity (Wildman–Crippen MR) is 108 cm³/mol. The number of nitrogens with one attached hydrogen (secondary N) is 2. The standard InChI is InChI=1S/C19H24N4O4S/c1-10-14(17(21)28-15(10)19(24)25)16(20)23-13-7-4-8-22-18(13)27-12-6-3-5-11(9-12)26-2/h4,7-8,11-12,21,23H,3,5-6,9,20H2,1-2H3,(H,24,25)/b16-14+,21-17?/t11-,12?/m1/s1. The van der Waals surface area contributed by atoms with Crippen molar-refractivity contribution in [1.29, 1.82) is 5.41 Å². The highest BCUT2D eigenvalue weighted by atomic mass is 32.2. The number of aliphatic carboxylic acids is 1. The Morgan fingerprint density at radius 2 is 2.18 bits per heavy atom. The first kappa shape index (κ1) is 20.2. The summed E-state index contributed by atoms with van der Waals surface area (Å²) in [6.07, 6.45) is 5.61. The fourth-order valence-corrected chi connectivity index (χ4v) is 4.32. The van der Waals surface area contributed by atoms with Crippen LogP contribution in [0, 0.1) is 5.41 Å². The maximum atomic E-state index is 11.3. The van der Waals surface area contributed by atoms with Crippen LogP contribution in [0.3, 0.4) is 0 Å². The SMILES string of the molecule is CO[C@@H]1CCCC(Oc2ncccc2N/C(N)=C2/C(=N)SC(C(=O)O)=C2C)C1. The van der Waals surface area contributed by atoms with E-state index in [2.05, 4.69) is 10.3 Å². The van der Waals surface area contributed by atoms with Gasteiger partial charge in [-0.3, -0.25) is 5.41 Å². The van der Waals surface area contributed by atoms with Gasteiger partial charge in [-0.05, 0) is 43.9 Å². The maximum Gasteiger partial charge on any atom is 0.342 e. The summed E-state index contributed by atoms with van der Waals surface area (Å²) in [5.41, 5.74) is 7.60. The number of hydrogen-bond acceptors (Lipinski definition) is 8. The van der Waals surface area contributed by atoms with Crippen molar-refractivity contribution in [2.24, 2.45) is 5.73 Å². The van der Waals surface area contributed by atoms with Gasteiger partial charge in [0.25, 0.3) is 0 Å². The number of ether oxygens (including phenoxy) is 2. The molecule has 0 aromatic carbocycles. The first-order valence-electron chi connectivity index (χ1n) is 9.03. The quantitative estimate of drug-likeness (QED) is 0.569. The number of aromatic nitrogens is 1. The van der Waals surface area contributed by atoms with E-state index in [1.165, 1.54) is 0 Å². The molecule has 1 aliphatic heterocycles. The number of thioether (sulfide) groups is 1. The van der Waals surface area contributed by atoms with Gasteiger partial charge in [-0.25, -0.2) is 9.78 Å². The van der Waals surface area contributed by atoms with Gasteiger partial charge in [0, 0.05) is 19.7 Å². The number of hydrogen-bond donors (Lipinski definition) is 4. The molecule has 1 aromatic rings. The van der Waals surface area contributed by atoms with Crippen LogP contribution >= 0.6 is 11.8 Å². The Morgan fingerprint density at radius 1 is 1.43 bits per heavy atom. The lowest BCUT2D eigenvalue weighted by Gasteiger charge is -2.28. The van der Waals surface area contributed by atoms with E-state index < -0.39 is 5.97 Å². The number of pyridine rings is 1. The Balaban J connectivity index is 1.82. The van der Waals surface area contributed by atoms with E-state index in [0.29, 0.717) is 22.7 Å². The average Bonchev–Trinajstić information content (AvgIpc) is 2.98. The number of carboxylic acids is 1. The zero-order chi connectivity index (χ0) is 20.3. The van der Waals surface area contributed by atoms with E-state index in [4.69, 9.17) is 20.6 Å². The molecular formula is C19H24N4O4S. The summed E-state index contributed by atoms with van der Waals surface area (Å²) < 4.78 is 11.6. The Morgan fingerprint density at radius 3 is 2.86 bits per heavy atom. The van der Waals surface area contributed by atoms with Gasteiger partial charge in [-0.1, -0.05) is 11.8 Å². The second-order valence-corrected chi connectivity index (χ2v) is 7.75. The summed E-state index contributed by atoms with van der Waals surface area (Å²) in [7, 11) is 1.71. The van der Waals surface area contributed by atoms with Gasteiger partial charge in [-0.15, -0.1) is 0 Å². The maximum absolute atomic E-state index is 11.3. The van der Waals surface area contributed by atoms with Gasteiger partial charge in [0.2, 0.25) is 5.88 Å². The zero-order valence-corrected chi connectivity index (χ0v) is 16.6. The summed E-state index contributed by atoms with van der Waals surface area (Å²) in [4.78, 5) is 15.7. The van der Waals surface area contributed by atoms with Gasteiger partial charge >= 0.3 is 5.97 Å². The number of carbonyl (C=O) groups is 1. The third-order valence-electron chi connectivity index (χ3n) is 4.84. The third kappa shape index (κ3) is 4.31. The van der Waals surface area contributed by atoms with Crippen LogP contribution < -0.4 is 15.8 Å². The van der Waals surface area contributed by atoms with Crippen molar-refractivity contribution < 1.29 is 19.4 Å². The van der Waals surface area contributed by atoms with Gasteiger partial charge in [0.15, 0.2) is 0 Å². The van der Waals surface area contributed by atoms with Gasteiger partial charge in [-0.2, -0.15) is 0 Å². The number of methoxy groups -OCH3 is 1. The smallest absolute Gasteiger partial charge is 0.342 e. The molecule has 1 unspecified atom stereocenters. The summed E-state index contributed by atoms with van der Waals surface area (Å²) in [6, 6.07) is 3.54. The van der Waals surface area contributed by atoms with Crippen LogP contribution in [0.5, 0.6) is 5.88 Å². The molecule has 1 fully saturated rings. The third-order valence-corrected chi connectivity index (χ3v) is 5.93. The molecule has 2 atom stereocenters. The van der Waals surface area contributed by atoms with E-state index in [9.17, 15) is 9.90 Å². The number of rotatable bonds is 6. The van der Waals surface area contributed by atoms with Crippen molar-refractivity contribution in [3.8, 4) is 5.88 Å². The van der Waals surface area contributed by atoms with Crippen LogP contribution in [0.4, 0.5) is 5.69 Å². The Bertz CT molecular complexity index is 852. The van der Waals surface area contributed by atoms with E-state index in [0.717, 1.165) is 37.4 Å². The molecule has 5 N–H and O–H groups in total. The molecule has 8 nitrogen and oxygen atoms in total. The lowest BCUT2D eigenvalue weighted by molar-refractivity contribution is -0.131. The Kier molecular flexibility index (Phi) is 6.25. The number of allylic oxidation sites excluding steroid dienone is 1. The van der Waals surface area contributed by atoms with Crippen LogP contribution in [0.15, 0.2) is 40.2 Å². The minimum Gasteiger partial charge on any atom is -0.477 e. The second kappa shape index (κ2) is 8.66. The first-order valence-corrected chi connectivity index (χ1v) is 9.85. The van der Waals surface area contributed by atoms with E-state index >= 15 is 0 Å². The van der Waals surface area contributed by atoms with Crippen molar-refractivity contribution in [2.75, 3.05) is 12.4 Å². The summed E-state index contributed by atoms with van der Waals surface area (Å²) in [5, 5.41) is 20.5. The number of carboxylic acid groups (broad SMARTS) is 1. The monoisotopic (exact) mass is 404 g/mol. The molecule has 1 aromatic heterocycles. The van der Waals surface area contributed by atoms with Crippen LogP contribution in [-0.2, 0) is 9.53 Å². The zero-order valence-electron chi connectivity index (χ0n) is 15.8. The van der Waals surface area contributed by atoms with E-state index in [-0.39, 0.29) is 28.0 Å². The largest absolute Gasteiger partial charge is 0.477 e. The predicted octanol–water partition coefficient (Wildman–Crippen LogP) is 3.08. The minimum absolute atomic E-state index is 0.00334. The van der Waals surface area contributed by atoms with E-state index in [1.807, 2.05) is 0 Å². The number of nitrogens with two attached hydrogens (primary N) is 1. The fraction of sp³-hybridized carbons (Fsp3) is 0.421. The molecule has 1 saturated carbocycles. The highest BCUT2D eigenvalue weighted by Crippen LogP contribution is 2.38. The lowest BCUT2D eigenvalue weighted by atomic mass is 9.95. The van der Waals surface area contributed by atoms with Crippen molar-refractivity contribution in [1.82, 2.24) is 4.98 Å². The summed E-state index contributed by atoms with van der Waals surface area (Å²) in [5.74, 6) is -0.446. The topological polar surface area (TPSA) is 131 Å². The number of nitrogens with zero attached hydrogens (tertiary/aromatic N) is 1. The Labute approximate surface area is 167 Å². The normalized spacial score (nSPS) is 24.3. The van der Waals surface area contributed by atoms with E-state index in [1.54, 1.807) is 32.4 Å². The van der Waals surface area contributed by atoms with Gasteiger partial charge < -0.3 is 25.6 Å². The molecular weight excluding hydrogens is 380 g/mol. The molecule has 9 heteroatoms. The highest BCUT2D eigenvalue weighted by molar-refractivity contribution is 8.18. The molecule has 0 radical (unpaired) electrons. The second-order valence-electron chi connectivity index (χ2n) is 6.72. The van der Waals surface area contributed by atoms with Crippen LogP contribution in [-0.4, -0.2) is 40.4 Å². The minimum atomic E-state index is -1.06. The van der Waals surface area contributed by atoms with Crippen LogP contribution in [0.2, 0.25) is 0 Å². The molecule has 0 spiro atoms. The summed E-state index contributed by atoms with van der Waals surface area (Å²) >= 11 is 0.889. The molecule has 3 rings (SSSR count). The molecule has 0 amide bonds. The average molecular weight is 404 g/mol. The molecule has 1 aliphatic carbocycles. The van der Waals surface area contributed by atoms with Crippen LogP contribution in [0.25, 0.3) is 0 Å². The molecule has 2 aliphatic rings. The van der Waals surface area contributed by atoms with Gasteiger partial charge in [0.1, 0.15) is 27.6 Å². The van der Waals surface area contributed by atoms with Crippen molar-refractivity contribution in [3.63, 3.8) is 0 Å². The molecule has 28 heavy (non-hydrogen) atoms. The highest BCUT2D eigenvalue weighted by Gasteiger charge is 2.30. The molecule has 0 saturated heterocycles. The molecule has 0 bridgehead atoms. The molecule has 2 heterocycles. The number of anilines is 1. The molecule has 150 valence electrons. The Hall–Kier alpha value is -2.52. The fourth-order valence-electron chi connectivity index (χ4n) is 3.41. The van der Waals surface area contributed by atoms with Crippen LogP contribution in [0.1, 0.15) is 32.6 Å². The van der Waals surface area contributed by atoms with Crippen molar-refractivity contribution in [3.05, 3.63) is 40.2 Å². The van der Waals surface area contributed by atoms with Gasteiger partial charge in [0.05, 0.1) is 11.7 Å². The summed E-state index contributed by atoms with van der Waals surface area (Å²) in [6.45, 7) is 1.65.